The fourth-order valence-electron chi connectivity index (χ4n) is 1.34. The summed E-state index contributed by atoms with van der Waals surface area (Å²) in [6, 6.07) is 0.374. The van der Waals surface area contributed by atoms with Crippen LogP contribution in [0.4, 0.5) is 0 Å². The summed E-state index contributed by atoms with van der Waals surface area (Å²) in [5, 5.41) is 0. The third kappa shape index (κ3) is 6.74. The van der Waals surface area contributed by atoms with Crippen molar-refractivity contribution in [1.29, 1.82) is 0 Å². The summed E-state index contributed by atoms with van der Waals surface area (Å²) in [5.74, 6) is 1.18. The molecule has 0 aromatic heterocycles. The Morgan fingerprint density at radius 2 is 2.12 bits per heavy atom. The predicted molar refractivity (Wildman–Crippen MR) is 69.8 cm³/mol. The Labute approximate surface area is 104 Å². The van der Waals surface area contributed by atoms with Gasteiger partial charge in [0.2, 0.25) is 0 Å². The van der Waals surface area contributed by atoms with E-state index >= 15 is 0 Å². The van der Waals surface area contributed by atoms with Crippen molar-refractivity contribution < 1.29 is 9.47 Å². The van der Waals surface area contributed by atoms with Crippen molar-refractivity contribution >= 4 is 11.9 Å². The van der Waals surface area contributed by atoms with Crippen molar-refractivity contribution in [1.82, 2.24) is 4.72 Å². The number of nitrogens with one attached hydrogen (secondary N) is 1. The minimum atomic E-state index is 0.374. The molecule has 1 heterocycles. The van der Waals surface area contributed by atoms with Gasteiger partial charge in [-0.05, 0) is 12.8 Å². The van der Waals surface area contributed by atoms with Gasteiger partial charge < -0.3 is 9.47 Å². The van der Waals surface area contributed by atoms with E-state index in [9.17, 15) is 0 Å². The molecule has 1 rings (SSSR count). The van der Waals surface area contributed by atoms with Crippen molar-refractivity contribution in [2.45, 2.75) is 51.7 Å². The fraction of sp³-hybridized carbons (Fsp3) is 1.00. The van der Waals surface area contributed by atoms with E-state index in [0.29, 0.717) is 12.1 Å². The summed E-state index contributed by atoms with van der Waals surface area (Å²) >= 11 is 1.81. The maximum absolute atomic E-state index is 5.64. The summed E-state index contributed by atoms with van der Waals surface area (Å²) in [6.45, 7) is 6.95. The fourth-order valence-corrected chi connectivity index (χ4v) is 2.33. The van der Waals surface area contributed by atoms with Gasteiger partial charge in [0.1, 0.15) is 0 Å². The van der Waals surface area contributed by atoms with Crippen molar-refractivity contribution in [3.63, 3.8) is 0 Å². The molecule has 0 bridgehead atoms. The highest BCUT2D eigenvalue weighted by molar-refractivity contribution is 7.97. The van der Waals surface area contributed by atoms with Crippen LogP contribution in [0.3, 0.4) is 0 Å². The second kappa shape index (κ2) is 9.28. The first-order valence-corrected chi connectivity index (χ1v) is 7.43. The van der Waals surface area contributed by atoms with Gasteiger partial charge in [-0.2, -0.15) is 0 Å². The van der Waals surface area contributed by atoms with Crippen LogP contribution in [-0.2, 0) is 9.47 Å². The summed E-state index contributed by atoms with van der Waals surface area (Å²) in [4.78, 5) is 0. The van der Waals surface area contributed by atoms with Crippen LogP contribution >= 0.6 is 11.9 Å². The zero-order chi connectivity index (χ0) is 11.6. The third-order valence-corrected chi connectivity index (χ3v) is 3.54. The van der Waals surface area contributed by atoms with Gasteiger partial charge in [-0.3, -0.25) is 4.72 Å². The van der Waals surface area contributed by atoms with E-state index in [1.165, 1.54) is 25.0 Å². The van der Waals surface area contributed by atoms with E-state index in [2.05, 4.69) is 18.6 Å². The SMILES string of the molecule is CCCCOC[C@@H](NSCCCC)[C@H]1CO1. The van der Waals surface area contributed by atoms with Crippen LogP contribution in [0, 0.1) is 0 Å². The molecular formula is C12H25NO2S. The average Bonchev–Trinajstić information content (AvgIpc) is 3.11. The summed E-state index contributed by atoms with van der Waals surface area (Å²) < 4.78 is 14.4. The largest absolute Gasteiger partial charge is 0.380 e. The first kappa shape index (κ1) is 14.3. The zero-order valence-electron chi connectivity index (χ0n) is 10.5. The van der Waals surface area contributed by atoms with Crippen LogP contribution in [-0.4, -0.2) is 37.7 Å². The topological polar surface area (TPSA) is 33.8 Å². The standard InChI is InChI=1S/C12H25NO2S/c1-3-5-7-14-9-11(12-10-15-12)13-16-8-6-4-2/h11-13H,3-10H2,1-2H3/t11-,12-/m1/s1. The molecule has 96 valence electrons. The molecule has 0 aromatic rings. The van der Waals surface area contributed by atoms with Crippen molar-refractivity contribution in [2.24, 2.45) is 0 Å². The second-order valence-corrected chi connectivity index (χ2v) is 5.16. The Morgan fingerprint density at radius 3 is 2.75 bits per heavy atom. The maximum Gasteiger partial charge on any atom is 0.0993 e. The van der Waals surface area contributed by atoms with Crippen LogP contribution in [0.5, 0.6) is 0 Å². The van der Waals surface area contributed by atoms with Gasteiger partial charge in [0.15, 0.2) is 0 Å². The lowest BCUT2D eigenvalue weighted by Gasteiger charge is -2.15. The van der Waals surface area contributed by atoms with Gasteiger partial charge >= 0.3 is 0 Å². The lowest BCUT2D eigenvalue weighted by atomic mass is 10.2. The van der Waals surface area contributed by atoms with Gasteiger partial charge in [0, 0.05) is 12.4 Å². The number of rotatable bonds is 11. The van der Waals surface area contributed by atoms with Crippen molar-refractivity contribution in [2.75, 3.05) is 25.6 Å². The van der Waals surface area contributed by atoms with Crippen molar-refractivity contribution in [3.05, 3.63) is 0 Å². The van der Waals surface area contributed by atoms with E-state index in [-0.39, 0.29) is 0 Å². The highest BCUT2D eigenvalue weighted by atomic mass is 32.2. The second-order valence-electron chi connectivity index (χ2n) is 4.23. The number of epoxide rings is 1. The number of ether oxygens (including phenoxy) is 2. The molecule has 4 heteroatoms. The highest BCUT2D eigenvalue weighted by Gasteiger charge is 2.32. The molecule has 1 aliphatic rings. The summed E-state index contributed by atoms with van der Waals surface area (Å²) in [5.41, 5.74) is 0. The Kier molecular flexibility index (Phi) is 8.29. The molecule has 0 aromatic carbocycles. The minimum absolute atomic E-state index is 0.374. The van der Waals surface area contributed by atoms with E-state index in [4.69, 9.17) is 9.47 Å². The lowest BCUT2D eigenvalue weighted by molar-refractivity contribution is 0.107. The number of unbranched alkanes of at least 4 members (excludes halogenated alkanes) is 2. The molecule has 16 heavy (non-hydrogen) atoms. The molecule has 1 saturated heterocycles. The Morgan fingerprint density at radius 1 is 1.38 bits per heavy atom. The van der Waals surface area contributed by atoms with Gasteiger partial charge in [0.25, 0.3) is 0 Å². The molecule has 0 radical (unpaired) electrons. The molecule has 3 nitrogen and oxygen atoms in total. The molecule has 0 spiro atoms. The predicted octanol–water partition coefficient (Wildman–Crippen LogP) is 2.61. The van der Waals surface area contributed by atoms with Crippen LogP contribution in [0.25, 0.3) is 0 Å². The smallest absolute Gasteiger partial charge is 0.0993 e. The summed E-state index contributed by atoms with van der Waals surface area (Å²) in [6.07, 6.45) is 5.26. The van der Waals surface area contributed by atoms with Crippen LogP contribution in [0.1, 0.15) is 39.5 Å². The van der Waals surface area contributed by atoms with E-state index in [1.54, 1.807) is 0 Å². The summed E-state index contributed by atoms with van der Waals surface area (Å²) in [7, 11) is 0. The molecule has 2 atom stereocenters. The van der Waals surface area contributed by atoms with E-state index < -0.39 is 0 Å². The Hall–Kier alpha value is 0.230. The van der Waals surface area contributed by atoms with Gasteiger partial charge in [-0.25, -0.2) is 0 Å². The molecule has 1 fully saturated rings. The van der Waals surface area contributed by atoms with Gasteiger partial charge in [-0.15, -0.1) is 0 Å². The third-order valence-electron chi connectivity index (χ3n) is 2.58. The zero-order valence-corrected chi connectivity index (χ0v) is 11.4. The first-order chi connectivity index (χ1) is 7.88. The molecule has 0 unspecified atom stereocenters. The van der Waals surface area contributed by atoms with Crippen molar-refractivity contribution in [3.8, 4) is 0 Å². The first-order valence-electron chi connectivity index (χ1n) is 6.45. The average molecular weight is 247 g/mol. The van der Waals surface area contributed by atoms with E-state index in [0.717, 1.165) is 26.2 Å². The van der Waals surface area contributed by atoms with Gasteiger partial charge in [0.05, 0.1) is 25.4 Å². The molecular weight excluding hydrogens is 222 g/mol. The molecule has 1 aliphatic heterocycles. The van der Waals surface area contributed by atoms with Crippen LogP contribution in [0.15, 0.2) is 0 Å². The Balaban J connectivity index is 2.01. The minimum Gasteiger partial charge on any atom is -0.380 e. The molecule has 0 saturated carbocycles. The van der Waals surface area contributed by atoms with E-state index in [1.807, 2.05) is 11.9 Å². The Bertz CT molecular complexity index is 153. The van der Waals surface area contributed by atoms with Crippen LogP contribution in [0.2, 0.25) is 0 Å². The number of hydrogen-bond acceptors (Lipinski definition) is 4. The number of hydrogen-bond donors (Lipinski definition) is 1. The maximum atomic E-state index is 5.64. The molecule has 1 N–H and O–H groups in total. The normalized spacial score (nSPS) is 21.0. The van der Waals surface area contributed by atoms with Gasteiger partial charge in [-0.1, -0.05) is 38.6 Å². The molecule has 0 aliphatic carbocycles. The monoisotopic (exact) mass is 247 g/mol. The quantitative estimate of drug-likeness (QED) is 0.346. The highest BCUT2D eigenvalue weighted by Crippen LogP contribution is 2.17. The van der Waals surface area contributed by atoms with Crippen LogP contribution < -0.4 is 4.72 Å². The lowest BCUT2D eigenvalue weighted by Crippen LogP contribution is -2.34. The molecule has 0 amide bonds.